The van der Waals surface area contributed by atoms with Crippen molar-refractivity contribution in [3.05, 3.63) is 18.6 Å². The fourth-order valence-electron chi connectivity index (χ4n) is 2.14. The van der Waals surface area contributed by atoms with Crippen LogP contribution in [0.15, 0.2) is 18.6 Å². The summed E-state index contributed by atoms with van der Waals surface area (Å²) in [5, 5.41) is 7.77. The summed E-state index contributed by atoms with van der Waals surface area (Å²) in [7, 11) is 0. The van der Waals surface area contributed by atoms with Gasteiger partial charge >= 0.3 is 0 Å². The molecule has 2 aromatic rings. The minimum atomic E-state index is 0.469. The van der Waals surface area contributed by atoms with E-state index in [-0.39, 0.29) is 0 Å². The van der Waals surface area contributed by atoms with Crippen LogP contribution in [0.5, 0.6) is 0 Å². The van der Waals surface area contributed by atoms with Gasteiger partial charge in [0, 0.05) is 31.7 Å². The van der Waals surface area contributed by atoms with Crippen molar-refractivity contribution in [1.29, 1.82) is 0 Å². The summed E-state index contributed by atoms with van der Waals surface area (Å²) in [6.07, 6.45) is 3.45. The lowest BCUT2D eigenvalue weighted by molar-refractivity contribution is 0.127. The van der Waals surface area contributed by atoms with Crippen LogP contribution in [0.3, 0.4) is 0 Å². The summed E-state index contributed by atoms with van der Waals surface area (Å²) < 4.78 is 5.53. The zero-order valence-corrected chi connectivity index (χ0v) is 10.1. The number of nitrogens with zero attached hydrogens (tertiary/aromatic N) is 2. The normalized spacial score (nSPS) is 20.8. The molecule has 18 heavy (non-hydrogen) atoms. The van der Waals surface area contributed by atoms with Gasteiger partial charge in [-0.15, -0.1) is 0 Å². The summed E-state index contributed by atoms with van der Waals surface area (Å²) in [4.78, 5) is 11.5. The summed E-state index contributed by atoms with van der Waals surface area (Å²) in [6, 6.07) is 1.99. The zero-order valence-electron chi connectivity index (χ0n) is 10.1. The maximum Gasteiger partial charge on any atom is 0.142 e. The van der Waals surface area contributed by atoms with E-state index < -0.39 is 0 Å². The van der Waals surface area contributed by atoms with Gasteiger partial charge < -0.3 is 20.4 Å². The Morgan fingerprint density at radius 3 is 3.44 bits per heavy atom. The highest BCUT2D eigenvalue weighted by atomic mass is 16.5. The highest BCUT2D eigenvalue weighted by molar-refractivity contribution is 5.86. The van der Waals surface area contributed by atoms with E-state index in [1.165, 1.54) is 0 Å². The molecule has 1 unspecified atom stereocenters. The molecule has 0 radical (unpaired) electrons. The van der Waals surface area contributed by atoms with Crippen molar-refractivity contribution in [1.82, 2.24) is 20.3 Å². The maximum atomic E-state index is 5.53. The van der Waals surface area contributed by atoms with Crippen molar-refractivity contribution in [3.8, 4) is 0 Å². The number of hydrogen-bond donors (Lipinski definition) is 3. The van der Waals surface area contributed by atoms with E-state index >= 15 is 0 Å². The van der Waals surface area contributed by atoms with E-state index in [4.69, 9.17) is 4.74 Å². The monoisotopic (exact) mass is 247 g/mol. The lowest BCUT2D eigenvalue weighted by atomic mass is 10.1. The average molecular weight is 247 g/mol. The number of anilines is 1. The first-order valence-corrected chi connectivity index (χ1v) is 6.24. The van der Waals surface area contributed by atoms with Crippen molar-refractivity contribution in [2.24, 2.45) is 5.92 Å². The van der Waals surface area contributed by atoms with E-state index in [1.54, 1.807) is 6.33 Å². The van der Waals surface area contributed by atoms with Gasteiger partial charge in [-0.05, 0) is 6.07 Å². The van der Waals surface area contributed by atoms with Gasteiger partial charge in [-0.1, -0.05) is 0 Å². The minimum absolute atomic E-state index is 0.469. The van der Waals surface area contributed by atoms with Crippen molar-refractivity contribution < 1.29 is 4.74 Å². The molecule has 1 saturated heterocycles. The molecule has 1 fully saturated rings. The molecule has 1 aliphatic heterocycles. The quantitative estimate of drug-likeness (QED) is 0.741. The molecule has 0 saturated carbocycles. The topological polar surface area (TPSA) is 74.9 Å². The average Bonchev–Trinajstić information content (AvgIpc) is 2.73. The molecule has 6 heteroatoms. The van der Waals surface area contributed by atoms with E-state index in [9.17, 15) is 0 Å². The van der Waals surface area contributed by atoms with E-state index in [0.717, 1.165) is 49.7 Å². The van der Waals surface area contributed by atoms with Gasteiger partial charge in [0.2, 0.25) is 0 Å². The molecule has 3 rings (SSSR count). The summed E-state index contributed by atoms with van der Waals surface area (Å²) in [5.74, 6) is 1.35. The molecular formula is C12H17N5O. The first-order valence-electron chi connectivity index (χ1n) is 6.24. The SMILES string of the molecule is c1nc(NCC2CNCCOC2)c2cc[nH]c2n1. The second-order valence-corrected chi connectivity index (χ2v) is 4.49. The van der Waals surface area contributed by atoms with E-state index in [2.05, 4.69) is 25.6 Å². The number of rotatable bonds is 3. The van der Waals surface area contributed by atoms with Crippen molar-refractivity contribution in [2.75, 3.05) is 38.2 Å². The third-order valence-corrected chi connectivity index (χ3v) is 3.12. The predicted molar refractivity (Wildman–Crippen MR) is 69.6 cm³/mol. The van der Waals surface area contributed by atoms with Gasteiger partial charge in [-0.2, -0.15) is 0 Å². The first-order chi connectivity index (χ1) is 8.93. The Balaban J connectivity index is 1.67. The summed E-state index contributed by atoms with van der Waals surface area (Å²) in [6.45, 7) is 4.36. The Morgan fingerprint density at radius 2 is 2.44 bits per heavy atom. The number of ether oxygens (including phenoxy) is 1. The largest absolute Gasteiger partial charge is 0.380 e. The van der Waals surface area contributed by atoms with Crippen LogP contribution >= 0.6 is 0 Å². The van der Waals surface area contributed by atoms with Crippen LogP contribution in [0.2, 0.25) is 0 Å². The molecule has 1 aliphatic rings. The minimum Gasteiger partial charge on any atom is -0.380 e. The molecule has 0 aromatic carbocycles. The van der Waals surface area contributed by atoms with E-state index in [0.29, 0.717) is 5.92 Å². The molecule has 0 spiro atoms. The standard InChI is InChI=1S/C12H17N5O/c1-2-14-11-10(1)12(17-8-16-11)15-6-9-5-13-3-4-18-7-9/h1-2,8-9,13H,3-7H2,(H2,14,15,16,17). The zero-order chi connectivity index (χ0) is 12.2. The Morgan fingerprint density at radius 1 is 1.44 bits per heavy atom. The van der Waals surface area contributed by atoms with E-state index in [1.807, 2.05) is 12.3 Å². The molecule has 0 bridgehead atoms. The fraction of sp³-hybridized carbons (Fsp3) is 0.500. The Bertz CT molecular complexity index is 504. The second kappa shape index (κ2) is 5.32. The molecule has 2 aromatic heterocycles. The third-order valence-electron chi connectivity index (χ3n) is 3.12. The number of H-pyrrole nitrogens is 1. The summed E-state index contributed by atoms with van der Waals surface area (Å²) in [5.41, 5.74) is 0.864. The lowest BCUT2D eigenvalue weighted by Gasteiger charge is -2.15. The number of aromatic amines is 1. The number of nitrogens with one attached hydrogen (secondary N) is 3. The smallest absolute Gasteiger partial charge is 0.142 e. The van der Waals surface area contributed by atoms with Crippen LogP contribution in [-0.2, 0) is 4.74 Å². The maximum absolute atomic E-state index is 5.53. The van der Waals surface area contributed by atoms with Gasteiger partial charge in [0.05, 0.1) is 18.6 Å². The highest BCUT2D eigenvalue weighted by Gasteiger charge is 2.13. The molecular weight excluding hydrogens is 230 g/mol. The van der Waals surface area contributed by atoms with Gasteiger partial charge in [0.1, 0.15) is 17.8 Å². The lowest BCUT2D eigenvalue weighted by Crippen LogP contribution is -2.28. The van der Waals surface area contributed by atoms with Crippen molar-refractivity contribution in [2.45, 2.75) is 0 Å². The predicted octanol–water partition coefficient (Wildman–Crippen LogP) is 0.606. The molecule has 1 atom stereocenters. The molecule has 0 aliphatic carbocycles. The molecule has 6 nitrogen and oxygen atoms in total. The third kappa shape index (κ3) is 2.44. The Labute approximate surface area is 105 Å². The summed E-state index contributed by atoms with van der Waals surface area (Å²) >= 11 is 0. The Kier molecular flexibility index (Phi) is 3.38. The van der Waals surface area contributed by atoms with Crippen LogP contribution in [-0.4, -0.2) is 47.8 Å². The van der Waals surface area contributed by atoms with Crippen LogP contribution < -0.4 is 10.6 Å². The van der Waals surface area contributed by atoms with Crippen LogP contribution in [0.25, 0.3) is 11.0 Å². The van der Waals surface area contributed by atoms with Crippen molar-refractivity contribution >= 4 is 16.9 Å². The fourth-order valence-corrected chi connectivity index (χ4v) is 2.14. The van der Waals surface area contributed by atoms with Crippen LogP contribution in [0.1, 0.15) is 0 Å². The van der Waals surface area contributed by atoms with Crippen LogP contribution in [0.4, 0.5) is 5.82 Å². The number of aromatic nitrogens is 3. The second-order valence-electron chi connectivity index (χ2n) is 4.49. The molecule has 0 amide bonds. The number of fused-ring (bicyclic) bond motifs is 1. The van der Waals surface area contributed by atoms with Gasteiger partial charge in [-0.3, -0.25) is 0 Å². The van der Waals surface area contributed by atoms with Crippen molar-refractivity contribution in [3.63, 3.8) is 0 Å². The molecule has 3 heterocycles. The first kappa shape index (κ1) is 11.4. The molecule has 3 N–H and O–H groups in total. The highest BCUT2D eigenvalue weighted by Crippen LogP contribution is 2.17. The van der Waals surface area contributed by atoms with Gasteiger partial charge in [0.25, 0.3) is 0 Å². The Hall–Kier alpha value is -1.66. The van der Waals surface area contributed by atoms with Gasteiger partial charge in [-0.25, -0.2) is 9.97 Å². The van der Waals surface area contributed by atoms with Crippen LogP contribution in [0, 0.1) is 5.92 Å². The number of hydrogen-bond acceptors (Lipinski definition) is 5. The molecule has 96 valence electrons. The van der Waals surface area contributed by atoms with Gasteiger partial charge in [0.15, 0.2) is 0 Å².